The van der Waals surface area contributed by atoms with Crippen LogP contribution in [0.5, 0.6) is 11.5 Å². The fraction of sp³-hybridized carbons (Fsp3) is 0.321. The maximum atomic E-state index is 12.5. The molecule has 0 aliphatic carbocycles. The molecule has 5 rings (SSSR count). The van der Waals surface area contributed by atoms with Gasteiger partial charge in [0.15, 0.2) is 6.10 Å². The van der Waals surface area contributed by atoms with Crippen LogP contribution in [0, 0.1) is 0 Å². The second-order valence-electron chi connectivity index (χ2n) is 9.15. The highest BCUT2D eigenvalue weighted by Gasteiger charge is 2.49. The molecule has 0 saturated carbocycles. The molecule has 4 atom stereocenters. The summed E-state index contributed by atoms with van der Waals surface area (Å²) in [7, 11) is 4.05. The van der Waals surface area contributed by atoms with E-state index in [1.165, 1.54) is 5.56 Å². The summed E-state index contributed by atoms with van der Waals surface area (Å²) in [5.74, 6) is 1.43. The van der Waals surface area contributed by atoms with E-state index in [1.54, 1.807) is 24.3 Å². The smallest absolute Gasteiger partial charge is 0.412 e. The van der Waals surface area contributed by atoms with Gasteiger partial charge in [-0.2, -0.15) is 0 Å². The van der Waals surface area contributed by atoms with E-state index in [9.17, 15) is 4.79 Å². The number of amides is 1. The van der Waals surface area contributed by atoms with E-state index in [4.69, 9.17) is 18.9 Å². The van der Waals surface area contributed by atoms with Crippen LogP contribution in [0.1, 0.15) is 5.56 Å². The molecule has 0 unspecified atom stereocenters. The fourth-order valence-electron chi connectivity index (χ4n) is 4.42. The molecule has 8 nitrogen and oxygen atoms in total. The summed E-state index contributed by atoms with van der Waals surface area (Å²) in [4.78, 5) is 14.6. The molecule has 2 fully saturated rings. The van der Waals surface area contributed by atoms with Gasteiger partial charge >= 0.3 is 6.09 Å². The Kier molecular flexibility index (Phi) is 7.36. The first-order valence-corrected chi connectivity index (χ1v) is 12.1. The summed E-state index contributed by atoms with van der Waals surface area (Å²) in [6.45, 7) is 1.53. The lowest BCUT2D eigenvalue weighted by Gasteiger charge is -2.18. The topological polar surface area (TPSA) is 81.3 Å². The molecule has 188 valence electrons. The molecule has 2 heterocycles. The third-order valence-corrected chi connectivity index (χ3v) is 6.37. The van der Waals surface area contributed by atoms with Crippen LogP contribution in [0.4, 0.5) is 16.2 Å². The Morgan fingerprint density at radius 3 is 2.31 bits per heavy atom. The molecule has 3 aromatic carbocycles. The van der Waals surface area contributed by atoms with Gasteiger partial charge in [0.1, 0.15) is 23.7 Å². The van der Waals surface area contributed by atoms with Crippen molar-refractivity contribution < 1.29 is 23.7 Å². The maximum absolute atomic E-state index is 12.5. The van der Waals surface area contributed by atoms with Crippen LogP contribution in [0.3, 0.4) is 0 Å². The van der Waals surface area contributed by atoms with E-state index >= 15 is 0 Å². The minimum absolute atomic E-state index is 0.0392. The lowest BCUT2D eigenvalue weighted by atomic mass is 10.1. The highest BCUT2D eigenvalue weighted by molar-refractivity contribution is 5.84. The summed E-state index contributed by atoms with van der Waals surface area (Å²) in [6, 6.07) is 25.1. The molecule has 3 aromatic rings. The molecular formula is C28H31N3O5. The van der Waals surface area contributed by atoms with Crippen molar-refractivity contribution in [2.45, 2.75) is 30.9 Å². The number of benzene rings is 3. The molecule has 0 bridgehead atoms. The van der Waals surface area contributed by atoms with E-state index < -0.39 is 12.2 Å². The SMILES string of the molecule is CN(C)c1ccc(CN[C@H]2CO[C@H]3[C@@H]2OC[C@H]3OC(=O)Nc2ccc(Oc3ccccc3)cc2)cc1. The van der Waals surface area contributed by atoms with Gasteiger partial charge in [-0.3, -0.25) is 5.32 Å². The normalized spacial score (nSPS) is 22.6. The van der Waals surface area contributed by atoms with Gasteiger partial charge in [-0.15, -0.1) is 0 Å². The lowest BCUT2D eigenvalue weighted by Crippen LogP contribution is -2.41. The third-order valence-electron chi connectivity index (χ3n) is 6.37. The van der Waals surface area contributed by atoms with E-state index in [-0.39, 0.29) is 18.2 Å². The second-order valence-corrected chi connectivity index (χ2v) is 9.15. The number of carbonyl (C=O) groups excluding carboxylic acids is 1. The number of nitrogens with one attached hydrogen (secondary N) is 2. The van der Waals surface area contributed by atoms with Gasteiger partial charge in [-0.05, 0) is 54.1 Å². The standard InChI is InChI=1S/C28H31N3O5/c1-31(2)21-12-8-19(9-13-21)16-29-24-17-33-27-25(18-34-26(24)27)36-28(32)30-20-10-14-23(15-11-20)35-22-6-4-3-5-7-22/h3-15,24-27,29H,16-18H2,1-2H3,(H,30,32)/t24-,25+,26+,27+/m0/s1. The van der Waals surface area contributed by atoms with Crippen molar-refractivity contribution in [3.63, 3.8) is 0 Å². The van der Waals surface area contributed by atoms with Crippen LogP contribution in [-0.2, 0) is 20.8 Å². The summed E-state index contributed by atoms with van der Waals surface area (Å²) < 4.78 is 23.3. The summed E-state index contributed by atoms with van der Waals surface area (Å²) >= 11 is 0. The maximum Gasteiger partial charge on any atom is 0.412 e. The van der Waals surface area contributed by atoms with Crippen LogP contribution in [-0.4, -0.2) is 57.8 Å². The quantitative estimate of drug-likeness (QED) is 0.485. The first kappa shape index (κ1) is 24.1. The predicted molar refractivity (Wildman–Crippen MR) is 138 cm³/mol. The summed E-state index contributed by atoms with van der Waals surface area (Å²) in [6.07, 6.45) is -1.44. The van der Waals surface area contributed by atoms with Gasteiger partial charge in [0, 0.05) is 32.0 Å². The monoisotopic (exact) mass is 489 g/mol. The number of carbonyl (C=O) groups is 1. The molecule has 0 aromatic heterocycles. The van der Waals surface area contributed by atoms with E-state index in [2.05, 4.69) is 39.8 Å². The van der Waals surface area contributed by atoms with Gasteiger partial charge in [-0.1, -0.05) is 30.3 Å². The van der Waals surface area contributed by atoms with Crippen molar-refractivity contribution >= 4 is 17.5 Å². The Hall–Kier alpha value is -3.59. The third kappa shape index (κ3) is 5.79. The predicted octanol–water partition coefficient (Wildman–Crippen LogP) is 4.42. The highest BCUT2D eigenvalue weighted by Crippen LogP contribution is 2.30. The average Bonchev–Trinajstić information content (AvgIpc) is 3.48. The molecule has 0 radical (unpaired) electrons. The number of hydrogen-bond donors (Lipinski definition) is 2. The van der Waals surface area contributed by atoms with Crippen LogP contribution >= 0.6 is 0 Å². The van der Waals surface area contributed by atoms with Crippen LogP contribution in [0.2, 0.25) is 0 Å². The number of para-hydroxylation sites is 1. The first-order chi connectivity index (χ1) is 17.5. The number of hydrogen-bond acceptors (Lipinski definition) is 7. The Morgan fingerprint density at radius 2 is 1.58 bits per heavy atom. The lowest BCUT2D eigenvalue weighted by molar-refractivity contribution is 0.00854. The van der Waals surface area contributed by atoms with Crippen molar-refractivity contribution in [1.82, 2.24) is 5.32 Å². The number of rotatable bonds is 8. The highest BCUT2D eigenvalue weighted by atomic mass is 16.6. The van der Waals surface area contributed by atoms with Gasteiger partial charge in [0.2, 0.25) is 0 Å². The summed E-state index contributed by atoms with van der Waals surface area (Å²) in [5, 5.41) is 6.29. The average molecular weight is 490 g/mol. The van der Waals surface area contributed by atoms with E-state index in [0.29, 0.717) is 31.2 Å². The van der Waals surface area contributed by atoms with Crippen LogP contribution in [0.15, 0.2) is 78.9 Å². The first-order valence-electron chi connectivity index (χ1n) is 12.1. The van der Waals surface area contributed by atoms with Crippen molar-refractivity contribution in [2.24, 2.45) is 0 Å². The molecule has 1 amide bonds. The minimum atomic E-state index is -0.540. The zero-order chi connectivity index (χ0) is 24.9. The molecule has 2 N–H and O–H groups in total. The van der Waals surface area contributed by atoms with Crippen molar-refractivity contribution in [1.29, 1.82) is 0 Å². The zero-order valence-electron chi connectivity index (χ0n) is 20.4. The molecule has 36 heavy (non-hydrogen) atoms. The van der Waals surface area contributed by atoms with Crippen LogP contribution in [0.25, 0.3) is 0 Å². The number of anilines is 2. The largest absolute Gasteiger partial charge is 0.457 e. The number of ether oxygens (including phenoxy) is 4. The molecule has 8 heteroatoms. The zero-order valence-corrected chi connectivity index (χ0v) is 20.4. The number of nitrogens with zero attached hydrogens (tertiary/aromatic N) is 1. The molecule has 2 aliphatic rings. The molecule has 2 saturated heterocycles. The minimum Gasteiger partial charge on any atom is -0.457 e. The second kappa shape index (κ2) is 11.0. The number of fused-ring (bicyclic) bond motifs is 1. The molecule has 2 aliphatic heterocycles. The Morgan fingerprint density at radius 1 is 0.889 bits per heavy atom. The van der Waals surface area contributed by atoms with Gasteiger partial charge in [0.25, 0.3) is 0 Å². The van der Waals surface area contributed by atoms with E-state index in [1.807, 2.05) is 44.4 Å². The Balaban J connectivity index is 1.08. The van der Waals surface area contributed by atoms with Gasteiger partial charge < -0.3 is 29.2 Å². The Bertz CT molecular complexity index is 1140. The van der Waals surface area contributed by atoms with E-state index in [0.717, 1.165) is 11.4 Å². The van der Waals surface area contributed by atoms with Gasteiger partial charge in [-0.25, -0.2) is 4.79 Å². The van der Waals surface area contributed by atoms with Crippen molar-refractivity contribution in [2.75, 3.05) is 37.5 Å². The van der Waals surface area contributed by atoms with Crippen molar-refractivity contribution in [3.05, 3.63) is 84.4 Å². The fourth-order valence-corrected chi connectivity index (χ4v) is 4.42. The molecule has 0 spiro atoms. The van der Waals surface area contributed by atoms with Crippen molar-refractivity contribution in [3.8, 4) is 11.5 Å². The van der Waals surface area contributed by atoms with Crippen LogP contribution < -0.4 is 20.3 Å². The van der Waals surface area contributed by atoms with Gasteiger partial charge in [0.05, 0.1) is 19.3 Å². The summed E-state index contributed by atoms with van der Waals surface area (Å²) in [5.41, 5.74) is 2.97. The molecular weight excluding hydrogens is 458 g/mol. The Labute approximate surface area is 211 Å².